The molecular formula is C18H18BrNO4S. The van der Waals surface area contributed by atoms with Gasteiger partial charge in [-0.05, 0) is 34.8 Å². The van der Waals surface area contributed by atoms with E-state index in [9.17, 15) is 13.6 Å². The second-order valence-electron chi connectivity index (χ2n) is 5.24. The van der Waals surface area contributed by atoms with Crippen molar-refractivity contribution in [1.29, 1.82) is 0 Å². The van der Waals surface area contributed by atoms with Gasteiger partial charge in [-0.1, -0.05) is 52.3 Å². The number of amides is 1. The number of carbonyl (C=O) groups excluding carboxylic acids is 1. The number of rotatable bonds is 3. The molecule has 0 aliphatic carbocycles. The van der Waals surface area contributed by atoms with Crippen LogP contribution in [-0.2, 0) is 22.2 Å². The third-order valence-corrected chi connectivity index (χ3v) is 5.06. The van der Waals surface area contributed by atoms with Gasteiger partial charge in [-0.25, -0.2) is 0 Å². The molecular weight excluding hydrogens is 406 g/mol. The molecule has 132 valence electrons. The minimum Gasteiger partial charge on any atom is -0.768 e. The van der Waals surface area contributed by atoms with Crippen molar-refractivity contribution >= 4 is 39.3 Å². The predicted molar refractivity (Wildman–Crippen MR) is 98.6 cm³/mol. The maximum atomic E-state index is 11.4. The molecule has 0 bridgehead atoms. The van der Waals surface area contributed by atoms with Crippen molar-refractivity contribution in [3.8, 4) is 0 Å². The molecule has 1 aliphatic heterocycles. The van der Waals surface area contributed by atoms with Gasteiger partial charge in [0.1, 0.15) is 6.21 Å². The van der Waals surface area contributed by atoms with Crippen molar-refractivity contribution in [2.24, 2.45) is 0 Å². The van der Waals surface area contributed by atoms with Crippen LogP contribution >= 0.6 is 15.9 Å². The Kier molecular flexibility index (Phi) is 7.49. The van der Waals surface area contributed by atoms with E-state index in [2.05, 4.69) is 22.0 Å². The molecule has 1 fully saturated rings. The summed E-state index contributed by atoms with van der Waals surface area (Å²) in [5, 5.41) is 0. The van der Waals surface area contributed by atoms with Crippen molar-refractivity contribution in [2.45, 2.75) is 24.3 Å². The van der Waals surface area contributed by atoms with E-state index < -0.39 is 11.1 Å². The SMILES string of the molecule is C/C=[N+]1\C(=O)OC[C@H]1Cc1ccccc1Br.O=S([O-])c1ccccc1. The maximum Gasteiger partial charge on any atom is 0.596 e. The lowest BCUT2D eigenvalue weighted by molar-refractivity contribution is -0.450. The Bertz CT molecular complexity index is 780. The Balaban J connectivity index is 0.000000212. The van der Waals surface area contributed by atoms with E-state index in [0.717, 1.165) is 10.9 Å². The van der Waals surface area contributed by atoms with Gasteiger partial charge < -0.3 is 9.29 Å². The number of hydrogen-bond donors (Lipinski definition) is 0. The number of ether oxygens (including phenoxy) is 1. The first-order chi connectivity index (χ1) is 12.0. The van der Waals surface area contributed by atoms with E-state index in [4.69, 9.17) is 4.74 Å². The van der Waals surface area contributed by atoms with Crippen LogP contribution in [0.2, 0.25) is 0 Å². The predicted octanol–water partition coefficient (Wildman–Crippen LogP) is 3.54. The second kappa shape index (κ2) is 9.60. The molecule has 0 N–H and O–H groups in total. The fraction of sp³-hybridized carbons (Fsp3) is 0.222. The highest BCUT2D eigenvalue weighted by Crippen LogP contribution is 2.20. The van der Waals surface area contributed by atoms with E-state index in [1.54, 1.807) is 41.1 Å². The van der Waals surface area contributed by atoms with Crippen LogP contribution in [0.4, 0.5) is 4.79 Å². The zero-order valence-corrected chi connectivity index (χ0v) is 16.0. The highest BCUT2D eigenvalue weighted by atomic mass is 79.9. The van der Waals surface area contributed by atoms with E-state index in [1.807, 2.05) is 25.1 Å². The van der Waals surface area contributed by atoms with E-state index in [-0.39, 0.29) is 12.1 Å². The molecule has 1 aliphatic rings. The van der Waals surface area contributed by atoms with Gasteiger partial charge in [0.25, 0.3) is 0 Å². The molecule has 5 nitrogen and oxygen atoms in total. The van der Waals surface area contributed by atoms with Gasteiger partial charge >= 0.3 is 6.09 Å². The van der Waals surface area contributed by atoms with Crippen LogP contribution in [-0.4, -0.2) is 38.3 Å². The molecule has 0 aromatic heterocycles. The van der Waals surface area contributed by atoms with Gasteiger partial charge in [0.2, 0.25) is 6.04 Å². The van der Waals surface area contributed by atoms with Crippen molar-refractivity contribution in [1.82, 2.24) is 0 Å². The third kappa shape index (κ3) is 5.59. The Labute approximate surface area is 157 Å². The molecule has 0 radical (unpaired) electrons. The van der Waals surface area contributed by atoms with Crippen molar-refractivity contribution < 1.29 is 22.9 Å². The summed E-state index contributed by atoms with van der Waals surface area (Å²) in [6.07, 6.45) is 2.33. The van der Waals surface area contributed by atoms with Gasteiger partial charge in [-0.3, -0.25) is 4.21 Å². The summed E-state index contributed by atoms with van der Waals surface area (Å²) in [5.74, 6) is 0. The normalized spacial score (nSPS) is 19.1. The Morgan fingerprint density at radius 2 is 1.88 bits per heavy atom. The monoisotopic (exact) mass is 423 g/mol. The van der Waals surface area contributed by atoms with Gasteiger partial charge in [0.15, 0.2) is 6.61 Å². The largest absolute Gasteiger partial charge is 0.768 e. The summed E-state index contributed by atoms with van der Waals surface area (Å²) in [6.45, 7) is 2.31. The highest BCUT2D eigenvalue weighted by molar-refractivity contribution is 9.10. The summed E-state index contributed by atoms with van der Waals surface area (Å²) in [5.41, 5.74) is 1.19. The highest BCUT2D eigenvalue weighted by Gasteiger charge is 2.38. The molecule has 2 aromatic carbocycles. The van der Waals surface area contributed by atoms with Crippen LogP contribution in [0.5, 0.6) is 0 Å². The number of cyclic esters (lactones) is 1. The number of benzene rings is 2. The molecule has 2 atom stereocenters. The lowest BCUT2D eigenvalue weighted by Crippen LogP contribution is -2.26. The molecule has 0 spiro atoms. The first-order valence-electron chi connectivity index (χ1n) is 7.65. The molecule has 25 heavy (non-hydrogen) atoms. The van der Waals surface area contributed by atoms with E-state index in [1.165, 1.54) is 5.56 Å². The number of halogens is 1. The van der Waals surface area contributed by atoms with Crippen molar-refractivity contribution in [3.05, 3.63) is 64.6 Å². The Morgan fingerprint density at radius 1 is 1.24 bits per heavy atom. The standard InChI is InChI=1S/C12H13BrNO2.C6H6O2S/c1-2-14-10(8-16-12(14)15)7-9-5-3-4-6-11(9)13;7-9(8)6-4-2-1-3-5-6/h2-6,10H,7-8H2,1H3;1-5H,(H,7,8)/q+1;/p-1/b14-2-;/t10-;/m1./s1. The molecule has 1 amide bonds. The van der Waals surface area contributed by atoms with Crippen LogP contribution < -0.4 is 0 Å². The minimum absolute atomic E-state index is 0.108. The molecule has 1 unspecified atom stereocenters. The van der Waals surface area contributed by atoms with Crippen LogP contribution in [0.25, 0.3) is 0 Å². The first kappa shape index (κ1) is 19.5. The van der Waals surface area contributed by atoms with Gasteiger partial charge in [0.05, 0.1) is 0 Å². The maximum absolute atomic E-state index is 11.4. The first-order valence-corrected chi connectivity index (χ1v) is 9.52. The number of nitrogens with zero attached hydrogens (tertiary/aromatic N) is 1. The second-order valence-corrected chi connectivity index (χ2v) is 7.03. The lowest BCUT2D eigenvalue weighted by Gasteiger charge is -2.05. The fourth-order valence-electron chi connectivity index (χ4n) is 2.39. The van der Waals surface area contributed by atoms with Crippen LogP contribution in [0.3, 0.4) is 0 Å². The summed E-state index contributed by atoms with van der Waals surface area (Å²) in [4.78, 5) is 11.7. The topological polar surface area (TPSA) is 69.4 Å². The average molecular weight is 424 g/mol. The molecule has 2 aromatic rings. The molecule has 1 saturated heterocycles. The van der Waals surface area contributed by atoms with Gasteiger partial charge in [0, 0.05) is 22.7 Å². The Morgan fingerprint density at radius 3 is 2.44 bits per heavy atom. The summed E-state index contributed by atoms with van der Waals surface area (Å²) in [7, 11) is 0. The van der Waals surface area contributed by atoms with E-state index >= 15 is 0 Å². The van der Waals surface area contributed by atoms with Crippen LogP contribution in [0, 0.1) is 0 Å². The number of carbonyl (C=O) groups is 1. The Hall–Kier alpha value is -1.83. The van der Waals surface area contributed by atoms with Crippen LogP contribution in [0.15, 0.2) is 64.0 Å². The molecule has 7 heteroatoms. The molecule has 3 rings (SSSR count). The lowest BCUT2D eigenvalue weighted by atomic mass is 10.1. The number of hydrogen-bond acceptors (Lipinski definition) is 4. The van der Waals surface area contributed by atoms with Gasteiger partial charge in [-0.15, -0.1) is 4.58 Å². The smallest absolute Gasteiger partial charge is 0.596 e. The average Bonchev–Trinajstić information content (AvgIpc) is 2.98. The van der Waals surface area contributed by atoms with Crippen molar-refractivity contribution in [3.63, 3.8) is 0 Å². The van der Waals surface area contributed by atoms with E-state index in [0.29, 0.717) is 11.5 Å². The third-order valence-electron chi connectivity index (χ3n) is 3.63. The summed E-state index contributed by atoms with van der Waals surface area (Å²) in [6, 6.07) is 16.4. The zero-order chi connectivity index (χ0) is 18.2. The quantitative estimate of drug-likeness (QED) is 0.559. The van der Waals surface area contributed by atoms with Crippen molar-refractivity contribution in [2.75, 3.05) is 6.61 Å². The zero-order valence-electron chi connectivity index (χ0n) is 13.6. The fourth-order valence-corrected chi connectivity index (χ4v) is 3.22. The minimum atomic E-state index is -2.08. The van der Waals surface area contributed by atoms with Crippen LogP contribution in [0.1, 0.15) is 12.5 Å². The summed E-state index contributed by atoms with van der Waals surface area (Å²) >= 11 is 1.43. The molecule has 1 heterocycles. The summed E-state index contributed by atoms with van der Waals surface area (Å²) < 4.78 is 28.2. The molecule has 0 saturated carbocycles. The van der Waals surface area contributed by atoms with Gasteiger partial charge in [-0.2, -0.15) is 4.79 Å².